The largest absolute Gasteiger partial charge is 0.504 e. The van der Waals surface area contributed by atoms with E-state index in [2.05, 4.69) is 15.3 Å². The molecule has 0 aliphatic rings. The Morgan fingerprint density at radius 2 is 1.93 bits per heavy atom. The molecule has 1 aromatic heterocycles. The lowest BCUT2D eigenvalue weighted by atomic mass is 10.1. The maximum absolute atomic E-state index is 11.2. The topological polar surface area (TPSA) is 110 Å². The van der Waals surface area contributed by atoms with E-state index in [9.17, 15) is 9.90 Å². The van der Waals surface area contributed by atoms with Crippen LogP contribution in [0.2, 0.25) is 0 Å². The second-order valence-corrected chi connectivity index (χ2v) is 6.03. The van der Waals surface area contributed by atoms with E-state index >= 15 is 0 Å². The number of aromatic hydroxyl groups is 1. The van der Waals surface area contributed by atoms with Crippen molar-refractivity contribution in [2.45, 2.75) is 13.0 Å². The molecule has 0 saturated carbocycles. The number of carbonyl (C=O) groups is 1. The van der Waals surface area contributed by atoms with Gasteiger partial charge in [0.05, 0.1) is 25.2 Å². The van der Waals surface area contributed by atoms with Crippen LogP contribution in [0.25, 0.3) is 11.3 Å². The van der Waals surface area contributed by atoms with E-state index < -0.39 is 5.91 Å². The predicted octanol–water partition coefficient (Wildman–Crippen LogP) is 3.13. The summed E-state index contributed by atoms with van der Waals surface area (Å²) in [5.74, 6) is 0.586. The molecule has 138 valence electrons. The maximum Gasteiger partial charge on any atom is 0.248 e. The molecule has 1 amide bonds. The van der Waals surface area contributed by atoms with Crippen molar-refractivity contribution in [2.75, 3.05) is 12.4 Å². The molecular weight excluding hydrogens is 344 g/mol. The van der Waals surface area contributed by atoms with Crippen molar-refractivity contribution >= 4 is 11.7 Å². The Hall–Kier alpha value is -3.61. The number of primary amides is 1. The number of rotatable bonds is 6. The number of nitrogens with two attached hydrogens (primary N) is 1. The lowest BCUT2D eigenvalue weighted by molar-refractivity contribution is 0.100. The summed E-state index contributed by atoms with van der Waals surface area (Å²) < 4.78 is 5.14. The van der Waals surface area contributed by atoms with Gasteiger partial charge in [0, 0.05) is 17.2 Å². The molecule has 1 unspecified atom stereocenters. The molecule has 0 bridgehead atoms. The zero-order valence-corrected chi connectivity index (χ0v) is 15.0. The Morgan fingerprint density at radius 3 is 2.59 bits per heavy atom. The second kappa shape index (κ2) is 7.74. The van der Waals surface area contributed by atoms with Gasteiger partial charge in [-0.1, -0.05) is 12.1 Å². The van der Waals surface area contributed by atoms with Crippen molar-refractivity contribution in [2.24, 2.45) is 5.73 Å². The van der Waals surface area contributed by atoms with Gasteiger partial charge in [-0.05, 0) is 42.8 Å². The number of methoxy groups -OCH3 is 1. The number of carbonyl (C=O) groups excluding carboxylic acids is 1. The fourth-order valence-electron chi connectivity index (χ4n) is 2.65. The summed E-state index contributed by atoms with van der Waals surface area (Å²) in [5, 5.41) is 13.0. The molecule has 7 nitrogen and oxygen atoms in total. The predicted molar refractivity (Wildman–Crippen MR) is 103 cm³/mol. The minimum absolute atomic E-state index is 0.0502. The quantitative estimate of drug-likeness (QED) is 0.620. The summed E-state index contributed by atoms with van der Waals surface area (Å²) in [6.45, 7) is 1.98. The van der Waals surface area contributed by atoms with E-state index in [1.807, 2.05) is 19.1 Å². The number of phenolic OH excluding ortho intramolecular Hbond substituents is 1. The molecule has 3 aromatic rings. The smallest absolute Gasteiger partial charge is 0.248 e. The molecule has 0 radical (unpaired) electrons. The summed E-state index contributed by atoms with van der Waals surface area (Å²) in [6, 6.07) is 12.0. The molecule has 0 saturated heterocycles. The van der Waals surface area contributed by atoms with Gasteiger partial charge in [0.2, 0.25) is 5.91 Å². The number of benzene rings is 2. The molecule has 27 heavy (non-hydrogen) atoms. The van der Waals surface area contributed by atoms with Gasteiger partial charge in [-0.25, -0.2) is 4.98 Å². The van der Waals surface area contributed by atoms with Crippen LogP contribution >= 0.6 is 0 Å². The number of phenols is 1. The highest BCUT2D eigenvalue weighted by molar-refractivity contribution is 5.92. The molecule has 2 aromatic carbocycles. The van der Waals surface area contributed by atoms with Crippen LogP contribution in [0.3, 0.4) is 0 Å². The molecule has 1 heterocycles. The molecule has 7 heteroatoms. The van der Waals surface area contributed by atoms with Crippen molar-refractivity contribution in [1.82, 2.24) is 9.97 Å². The minimum atomic E-state index is -0.454. The fraction of sp³-hybridized carbons (Fsp3) is 0.150. The van der Waals surface area contributed by atoms with Crippen LogP contribution in [0.4, 0.5) is 5.82 Å². The second-order valence-electron chi connectivity index (χ2n) is 6.03. The lowest BCUT2D eigenvalue weighted by Gasteiger charge is -2.15. The maximum atomic E-state index is 11.2. The number of aromatic nitrogens is 2. The van der Waals surface area contributed by atoms with Crippen LogP contribution in [0.5, 0.6) is 11.5 Å². The van der Waals surface area contributed by atoms with Gasteiger partial charge in [-0.15, -0.1) is 0 Å². The molecule has 1 atom stereocenters. The number of nitrogens with zero attached hydrogens (tertiary/aromatic N) is 2. The molecule has 4 N–H and O–H groups in total. The van der Waals surface area contributed by atoms with Gasteiger partial charge in [-0.2, -0.15) is 0 Å². The van der Waals surface area contributed by atoms with Gasteiger partial charge in [0.15, 0.2) is 11.5 Å². The Labute approximate surface area is 156 Å². The van der Waals surface area contributed by atoms with E-state index in [1.165, 1.54) is 7.11 Å². The lowest BCUT2D eigenvalue weighted by Crippen LogP contribution is -2.12. The van der Waals surface area contributed by atoms with Crippen molar-refractivity contribution in [3.63, 3.8) is 0 Å². The number of amides is 1. The highest BCUT2D eigenvalue weighted by Crippen LogP contribution is 2.31. The Morgan fingerprint density at radius 1 is 1.19 bits per heavy atom. The molecule has 0 aliphatic heterocycles. The summed E-state index contributed by atoms with van der Waals surface area (Å²) >= 11 is 0. The third-order valence-corrected chi connectivity index (χ3v) is 4.17. The number of nitrogens with one attached hydrogen (secondary N) is 1. The Balaban J connectivity index is 1.80. The Kier molecular flexibility index (Phi) is 5.21. The minimum Gasteiger partial charge on any atom is -0.504 e. The van der Waals surface area contributed by atoms with Gasteiger partial charge in [0.1, 0.15) is 5.82 Å². The molecule has 0 spiro atoms. The monoisotopic (exact) mass is 364 g/mol. The summed E-state index contributed by atoms with van der Waals surface area (Å²) in [7, 11) is 1.49. The molecule has 0 fully saturated rings. The van der Waals surface area contributed by atoms with E-state index in [4.69, 9.17) is 10.5 Å². The van der Waals surface area contributed by atoms with E-state index in [0.29, 0.717) is 22.8 Å². The zero-order valence-electron chi connectivity index (χ0n) is 15.0. The number of ether oxygens (including phenoxy) is 1. The number of anilines is 1. The standard InChI is InChI=1S/C20H20N4O3/c1-12(13-3-5-14(6-4-13)20(21)26)23-19-11-22-10-16(24-19)15-7-8-17(25)18(9-15)27-2/h3-12,25H,1-2H3,(H2,21,26)(H,23,24). The summed E-state index contributed by atoms with van der Waals surface area (Å²) in [5.41, 5.74) is 8.14. The first-order valence-corrected chi connectivity index (χ1v) is 8.33. The van der Waals surface area contributed by atoms with Gasteiger partial charge in [0.25, 0.3) is 0 Å². The average Bonchev–Trinajstić information content (AvgIpc) is 2.68. The van der Waals surface area contributed by atoms with Gasteiger partial charge in [-0.3, -0.25) is 9.78 Å². The third kappa shape index (κ3) is 4.14. The SMILES string of the molecule is COc1cc(-c2cncc(NC(C)c3ccc(C(N)=O)cc3)n2)ccc1O. The first-order chi connectivity index (χ1) is 13.0. The number of hydrogen-bond acceptors (Lipinski definition) is 6. The summed E-state index contributed by atoms with van der Waals surface area (Å²) in [4.78, 5) is 20.0. The normalized spacial score (nSPS) is 11.6. The van der Waals surface area contributed by atoms with E-state index in [0.717, 1.165) is 11.1 Å². The average molecular weight is 364 g/mol. The van der Waals surface area contributed by atoms with Crippen LogP contribution in [0, 0.1) is 0 Å². The highest BCUT2D eigenvalue weighted by Gasteiger charge is 2.10. The Bertz CT molecular complexity index is 958. The first-order valence-electron chi connectivity index (χ1n) is 8.33. The zero-order chi connectivity index (χ0) is 19.4. The van der Waals surface area contributed by atoms with Crippen LogP contribution in [-0.2, 0) is 0 Å². The van der Waals surface area contributed by atoms with Crippen molar-refractivity contribution in [3.05, 3.63) is 66.0 Å². The van der Waals surface area contributed by atoms with Crippen molar-refractivity contribution < 1.29 is 14.6 Å². The third-order valence-electron chi connectivity index (χ3n) is 4.17. The number of hydrogen-bond donors (Lipinski definition) is 3. The molecule has 3 rings (SSSR count). The van der Waals surface area contributed by atoms with E-state index in [-0.39, 0.29) is 11.8 Å². The van der Waals surface area contributed by atoms with Crippen LogP contribution in [-0.4, -0.2) is 28.1 Å². The van der Waals surface area contributed by atoms with Crippen LogP contribution < -0.4 is 15.8 Å². The van der Waals surface area contributed by atoms with Crippen LogP contribution in [0.15, 0.2) is 54.9 Å². The van der Waals surface area contributed by atoms with E-state index in [1.54, 1.807) is 42.7 Å². The van der Waals surface area contributed by atoms with Gasteiger partial charge >= 0.3 is 0 Å². The fourth-order valence-corrected chi connectivity index (χ4v) is 2.65. The molecule has 0 aliphatic carbocycles. The van der Waals surface area contributed by atoms with Crippen molar-refractivity contribution in [3.8, 4) is 22.8 Å². The van der Waals surface area contributed by atoms with Crippen molar-refractivity contribution in [1.29, 1.82) is 0 Å². The highest BCUT2D eigenvalue weighted by atomic mass is 16.5. The molecular formula is C20H20N4O3. The summed E-state index contributed by atoms with van der Waals surface area (Å²) in [6.07, 6.45) is 3.28. The van der Waals surface area contributed by atoms with Crippen LogP contribution in [0.1, 0.15) is 28.9 Å². The first kappa shape index (κ1) is 18.2. The van der Waals surface area contributed by atoms with Gasteiger partial charge < -0.3 is 20.9 Å².